The number of likely N-dealkylation sites (N-methyl/N-ethyl adjacent to an activating group) is 1. The molecule has 0 aromatic heterocycles. The molecule has 2 atom stereocenters. The maximum absolute atomic E-state index is 4.77. The minimum absolute atomic E-state index is 0.521. The van der Waals surface area contributed by atoms with Crippen LogP contribution in [-0.2, 0) is 6.42 Å². The van der Waals surface area contributed by atoms with E-state index in [0.717, 1.165) is 29.9 Å². The van der Waals surface area contributed by atoms with E-state index in [2.05, 4.69) is 54.5 Å². The number of nitrogens with zero attached hydrogens (tertiary/aromatic N) is 2. The van der Waals surface area contributed by atoms with E-state index < -0.39 is 0 Å². The summed E-state index contributed by atoms with van der Waals surface area (Å²) in [5, 5.41) is 4.70. The molecule has 2 aliphatic rings. The fourth-order valence-electron chi connectivity index (χ4n) is 2.72. The van der Waals surface area contributed by atoms with Crippen molar-refractivity contribution in [2.24, 2.45) is 4.99 Å². The van der Waals surface area contributed by atoms with Gasteiger partial charge in [-0.1, -0.05) is 42.1 Å². The molecule has 1 N–H and O–H groups in total. The Kier molecular flexibility index (Phi) is 4.86. The van der Waals surface area contributed by atoms with E-state index in [4.69, 9.17) is 4.99 Å². The molecular weight excluding hydrogens is 278 g/mol. The Morgan fingerprint density at radius 1 is 1.33 bits per heavy atom. The molecule has 1 saturated heterocycles. The van der Waals surface area contributed by atoms with Crippen molar-refractivity contribution in [3.8, 4) is 0 Å². The summed E-state index contributed by atoms with van der Waals surface area (Å²) in [6.07, 6.45) is 3.82. The maximum Gasteiger partial charge on any atom is 0.156 e. The smallest absolute Gasteiger partial charge is 0.156 e. The largest absolute Gasteiger partial charge is 0.361 e. The minimum Gasteiger partial charge on any atom is -0.361 e. The van der Waals surface area contributed by atoms with Crippen LogP contribution < -0.4 is 5.32 Å². The molecule has 1 heterocycles. The number of hydrogen-bond donors (Lipinski definition) is 1. The van der Waals surface area contributed by atoms with Crippen LogP contribution in [0.15, 0.2) is 35.3 Å². The van der Waals surface area contributed by atoms with Crippen LogP contribution in [0.3, 0.4) is 0 Å². The lowest BCUT2D eigenvalue weighted by Gasteiger charge is -2.22. The van der Waals surface area contributed by atoms with Crippen LogP contribution in [-0.4, -0.2) is 47.5 Å². The van der Waals surface area contributed by atoms with Gasteiger partial charge in [0.1, 0.15) is 0 Å². The highest BCUT2D eigenvalue weighted by atomic mass is 32.2. The minimum atomic E-state index is 0.521. The molecule has 0 amide bonds. The van der Waals surface area contributed by atoms with Crippen molar-refractivity contribution in [1.82, 2.24) is 10.2 Å². The number of thioether (sulfide) groups is 1. The van der Waals surface area contributed by atoms with Gasteiger partial charge in [-0.15, -0.1) is 0 Å². The number of rotatable bonds is 6. The predicted molar refractivity (Wildman–Crippen MR) is 92.1 cm³/mol. The van der Waals surface area contributed by atoms with Gasteiger partial charge < -0.3 is 5.32 Å². The van der Waals surface area contributed by atoms with Crippen LogP contribution in [0.5, 0.6) is 0 Å². The first-order valence-corrected chi connectivity index (χ1v) is 8.90. The third-order valence-corrected chi connectivity index (χ3v) is 5.48. The summed E-state index contributed by atoms with van der Waals surface area (Å²) in [6, 6.07) is 12.6. The van der Waals surface area contributed by atoms with Gasteiger partial charge in [-0.25, -0.2) is 0 Å². The molecule has 1 aromatic carbocycles. The average Bonchev–Trinajstić information content (AvgIpc) is 3.26. The number of amidine groups is 1. The first kappa shape index (κ1) is 14.9. The van der Waals surface area contributed by atoms with Crippen molar-refractivity contribution in [3.05, 3.63) is 35.9 Å². The highest BCUT2D eigenvalue weighted by molar-refractivity contribution is 8.14. The Morgan fingerprint density at radius 2 is 2.10 bits per heavy atom. The van der Waals surface area contributed by atoms with Gasteiger partial charge in [0.15, 0.2) is 5.17 Å². The molecule has 114 valence electrons. The van der Waals surface area contributed by atoms with Crippen molar-refractivity contribution in [3.63, 3.8) is 0 Å². The van der Waals surface area contributed by atoms with Crippen LogP contribution >= 0.6 is 11.8 Å². The summed E-state index contributed by atoms with van der Waals surface area (Å²) in [5.41, 5.74) is 1.40. The second-order valence-corrected chi connectivity index (χ2v) is 7.24. The number of hydrogen-bond acceptors (Lipinski definition) is 3. The summed E-state index contributed by atoms with van der Waals surface area (Å²) in [4.78, 5) is 7.25. The molecule has 2 fully saturated rings. The van der Waals surface area contributed by atoms with Gasteiger partial charge in [-0.3, -0.25) is 9.89 Å². The quantitative estimate of drug-likeness (QED) is 0.876. The van der Waals surface area contributed by atoms with E-state index >= 15 is 0 Å². The van der Waals surface area contributed by atoms with Gasteiger partial charge in [-0.05, 0) is 38.8 Å². The molecule has 0 radical (unpaired) electrons. The summed E-state index contributed by atoms with van der Waals surface area (Å²) >= 11 is 1.87. The lowest BCUT2D eigenvalue weighted by molar-refractivity contribution is 0.253. The molecule has 3 rings (SSSR count). The van der Waals surface area contributed by atoms with Crippen molar-refractivity contribution >= 4 is 16.9 Å². The molecule has 2 unspecified atom stereocenters. The van der Waals surface area contributed by atoms with Crippen LogP contribution in [0, 0.1) is 0 Å². The summed E-state index contributed by atoms with van der Waals surface area (Å²) in [6.45, 7) is 3.18. The molecule has 1 saturated carbocycles. The summed E-state index contributed by atoms with van der Waals surface area (Å²) in [5.74, 6) is 1.13. The molecule has 1 aliphatic heterocycles. The van der Waals surface area contributed by atoms with Crippen LogP contribution in [0.1, 0.15) is 25.3 Å². The lowest BCUT2D eigenvalue weighted by Crippen LogP contribution is -2.34. The highest BCUT2D eigenvalue weighted by Gasteiger charge is 2.29. The monoisotopic (exact) mass is 303 g/mol. The fourth-order valence-corrected chi connectivity index (χ4v) is 3.70. The van der Waals surface area contributed by atoms with Crippen molar-refractivity contribution in [2.75, 3.05) is 19.3 Å². The number of aliphatic imine (C=N–C) groups is 1. The van der Waals surface area contributed by atoms with Gasteiger partial charge >= 0.3 is 0 Å². The Morgan fingerprint density at radius 3 is 2.81 bits per heavy atom. The van der Waals surface area contributed by atoms with Crippen molar-refractivity contribution < 1.29 is 0 Å². The first-order valence-electron chi connectivity index (χ1n) is 7.92. The van der Waals surface area contributed by atoms with Gasteiger partial charge in [-0.2, -0.15) is 0 Å². The summed E-state index contributed by atoms with van der Waals surface area (Å²) in [7, 11) is 2.23. The fraction of sp³-hybridized carbons (Fsp3) is 0.588. The lowest BCUT2D eigenvalue weighted by atomic mass is 10.1. The van der Waals surface area contributed by atoms with Crippen LogP contribution in [0.2, 0.25) is 0 Å². The van der Waals surface area contributed by atoms with E-state index in [1.165, 1.54) is 18.4 Å². The third kappa shape index (κ3) is 4.24. The maximum atomic E-state index is 4.77. The molecule has 0 bridgehead atoms. The van der Waals surface area contributed by atoms with Gasteiger partial charge in [0.05, 0.1) is 6.54 Å². The third-order valence-electron chi connectivity index (χ3n) is 4.39. The topological polar surface area (TPSA) is 27.6 Å². The van der Waals surface area contributed by atoms with E-state index in [1.807, 2.05) is 11.8 Å². The van der Waals surface area contributed by atoms with Gasteiger partial charge in [0.25, 0.3) is 0 Å². The molecule has 21 heavy (non-hydrogen) atoms. The predicted octanol–water partition coefficient (Wildman–Crippen LogP) is 2.77. The standard InChI is InChI=1S/C17H25N3S/c1-13(20(2)16-8-9-16)11-18-17-19-15(12-21-17)10-14-6-4-3-5-7-14/h3-7,13,15-16H,8-12H2,1-2H3,(H,18,19). The van der Waals surface area contributed by atoms with Crippen molar-refractivity contribution in [2.45, 2.75) is 44.3 Å². The Hall–Kier alpha value is -1.00. The Labute approximate surface area is 132 Å². The number of benzene rings is 1. The SMILES string of the molecule is CC(CN=C1NC(Cc2ccccc2)CS1)N(C)C1CC1. The van der Waals surface area contributed by atoms with Crippen molar-refractivity contribution in [1.29, 1.82) is 0 Å². The molecule has 4 heteroatoms. The number of nitrogens with one attached hydrogen (secondary N) is 1. The molecule has 1 aliphatic carbocycles. The second kappa shape index (κ2) is 6.84. The first-order chi connectivity index (χ1) is 10.2. The zero-order valence-electron chi connectivity index (χ0n) is 13.0. The van der Waals surface area contributed by atoms with Crippen LogP contribution in [0.25, 0.3) is 0 Å². The van der Waals surface area contributed by atoms with E-state index in [-0.39, 0.29) is 0 Å². The highest BCUT2D eigenvalue weighted by Crippen LogP contribution is 2.27. The molecule has 3 nitrogen and oxygen atoms in total. The normalized spacial score (nSPS) is 25.3. The van der Waals surface area contributed by atoms with Gasteiger partial charge in [0, 0.05) is 23.9 Å². The molecule has 0 spiro atoms. The van der Waals surface area contributed by atoms with Gasteiger partial charge in [0.2, 0.25) is 0 Å². The summed E-state index contributed by atoms with van der Waals surface area (Å²) < 4.78 is 0. The Balaban J connectivity index is 1.46. The van der Waals surface area contributed by atoms with E-state index in [0.29, 0.717) is 12.1 Å². The van der Waals surface area contributed by atoms with E-state index in [9.17, 15) is 0 Å². The zero-order chi connectivity index (χ0) is 14.7. The Bertz CT molecular complexity index is 484. The van der Waals surface area contributed by atoms with E-state index in [1.54, 1.807) is 0 Å². The molecular formula is C17H25N3S. The molecule has 1 aromatic rings. The zero-order valence-corrected chi connectivity index (χ0v) is 13.8. The average molecular weight is 303 g/mol. The van der Waals surface area contributed by atoms with Crippen LogP contribution in [0.4, 0.5) is 0 Å². The second-order valence-electron chi connectivity index (χ2n) is 6.23.